The summed E-state index contributed by atoms with van der Waals surface area (Å²) >= 11 is 0. The van der Waals surface area contributed by atoms with Gasteiger partial charge < -0.3 is 15.8 Å². The van der Waals surface area contributed by atoms with E-state index in [1.165, 1.54) is 16.4 Å². The number of primary amides is 1. The van der Waals surface area contributed by atoms with Crippen LogP contribution in [-0.4, -0.2) is 56.9 Å². The molecule has 9 heteroatoms. The molecule has 1 atom stereocenters. The van der Waals surface area contributed by atoms with Crippen LogP contribution >= 0.6 is 0 Å². The second kappa shape index (κ2) is 9.69. The molecule has 3 rings (SSSR count). The number of nitrogens with two attached hydrogens (primary N) is 1. The number of ether oxygens (including phenoxy) is 1. The average molecular weight is 424 g/mol. The first-order chi connectivity index (χ1) is 13.9. The van der Waals surface area contributed by atoms with Crippen LogP contribution in [0.4, 0.5) is 0 Å². The number of amides is 2. The molecule has 8 nitrogen and oxygen atoms in total. The van der Waals surface area contributed by atoms with E-state index >= 15 is 0 Å². The smallest absolute Gasteiger partial charge is 0.251 e. The molecule has 0 spiro atoms. The predicted molar refractivity (Wildman–Crippen MR) is 108 cm³/mol. The summed E-state index contributed by atoms with van der Waals surface area (Å²) in [4.78, 5) is 24.4. The van der Waals surface area contributed by atoms with E-state index in [0.29, 0.717) is 26.3 Å². The highest BCUT2D eigenvalue weighted by Gasteiger charge is 2.29. The van der Waals surface area contributed by atoms with Crippen LogP contribution in [-0.2, 0) is 19.6 Å². The van der Waals surface area contributed by atoms with Crippen molar-refractivity contribution in [1.82, 2.24) is 9.62 Å². The lowest BCUT2D eigenvalue weighted by atomic mass is 9.89. The average Bonchev–Trinajstić information content (AvgIpc) is 2.74. The van der Waals surface area contributed by atoms with Gasteiger partial charge in [0.2, 0.25) is 15.9 Å². The molecule has 1 aromatic carbocycles. The van der Waals surface area contributed by atoms with Crippen molar-refractivity contribution >= 4 is 21.8 Å². The zero-order valence-corrected chi connectivity index (χ0v) is 17.3. The molecule has 2 fully saturated rings. The van der Waals surface area contributed by atoms with Crippen molar-refractivity contribution in [3.8, 4) is 0 Å². The summed E-state index contributed by atoms with van der Waals surface area (Å²) in [6.07, 6.45) is 4.24. The Balaban J connectivity index is 1.76. The molecular weight excluding hydrogens is 394 g/mol. The topological polar surface area (TPSA) is 119 Å². The van der Waals surface area contributed by atoms with Crippen molar-refractivity contribution < 1.29 is 22.7 Å². The number of carbonyl (C=O) groups is 2. The van der Waals surface area contributed by atoms with Gasteiger partial charge in [-0.3, -0.25) is 9.59 Å². The molecule has 2 aliphatic heterocycles. The van der Waals surface area contributed by atoms with Gasteiger partial charge >= 0.3 is 0 Å². The number of nitrogens with zero attached hydrogens (tertiary/aromatic N) is 1. The van der Waals surface area contributed by atoms with E-state index in [1.807, 2.05) is 0 Å². The van der Waals surface area contributed by atoms with E-state index in [0.717, 1.165) is 32.1 Å². The molecule has 2 heterocycles. The molecule has 1 unspecified atom stereocenters. The summed E-state index contributed by atoms with van der Waals surface area (Å²) < 4.78 is 32.6. The van der Waals surface area contributed by atoms with Gasteiger partial charge in [0.25, 0.3) is 5.91 Å². The first kappa shape index (κ1) is 21.7. The fourth-order valence-electron chi connectivity index (χ4n) is 3.97. The van der Waals surface area contributed by atoms with Crippen molar-refractivity contribution in [1.29, 1.82) is 0 Å². The van der Waals surface area contributed by atoms with Crippen LogP contribution in [0, 0.1) is 5.92 Å². The van der Waals surface area contributed by atoms with Crippen LogP contribution in [0.25, 0.3) is 0 Å². The van der Waals surface area contributed by atoms with Gasteiger partial charge in [0, 0.05) is 44.3 Å². The number of piperidine rings is 1. The number of sulfonamides is 1. The van der Waals surface area contributed by atoms with E-state index in [4.69, 9.17) is 10.5 Å². The van der Waals surface area contributed by atoms with E-state index in [-0.39, 0.29) is 22.8 Å². The van der Waals surface area contributed by atoms with Gasteiger partial charge in [-0.25, -0.2) is 8.42 Å². The Morgan fingerprint density at radius 3 is 2.52 bits per heavy atom. The van der Waals surface area contributed by atoms with Gasteiger partial charge in [-0.05, 0) is 49.8 Å². The zero-order chi connectivity index (χ0) is 20.9. The van der Waals surface area contributed by atoms with Crippen LogP contribution in [0.1, 0.15) is 48.9 Å². The van der Waals surface area contributed by atoms with Gasteiger partial charge in [-0.1, -0.05) is 12.5 Å². The molecule has 0 bridgehead atoms. The van der Waals surface area contributed by atoms with Crippen molar-refractivity contribution in [2.24, 2.45) is 11.7 Å². The summed E-state index contributed by atoms with van der Waals surface area (Å²) in [6, 6.07) is 5.68. The first-order valence-corrected chi connectivity index (χ1v) is 11.6. The second-order valence-electron chi connectivity index (χ2n) is 7.69. The molecule has 0 aliphatic carbocycles. The van der Waals surface area contributed by atoms with Gasteiger partial charge in [-0.2, -0.15) is 4.31 Å². The Bertz CT molecular complexity index is 830. The van der Waals surface area contributed by atoms with Crippen LogP contribution in [0.2, 0.25) is 0 Å². The summed E-state index contributed by atoms with van der Waals surface area (Å²) in [5.41, 5.74) is 5.63. The van der Waals surface area contributed by atoms with E-state index < -0.39 is 27.9 Å². The fraction of sp³-hybridized carbons (Fsp3) is 0.600. The van der Waals surface area contributed by atoms with E-state index in [2.05, 4.69) is 5.32 Å². The highest BCUT2D eigenvalue weighted by atomic mass is 32.2. The molecule has 1 aromatic rings. The Morgan fingerprint density at radius 2 is 1.86 bits per heavy atom. The lowest BCUT2D eigenvalue weighted by molar-refractivity contribution is -0.118. The van der Waals surface area contributed by atoms with Crippen molar-refractivity contribution in [3.05, 3.63) is 29.8 Å². The Hall–Kier alpha value is -1.97. The zero-order valence-electron chi connectivity index (χ0n) is 16.5. The minimum Gasteiger partial charge on any atom is -0.381 e. The Labute approximate surface area is 171 Å². The Morgan fingerprint density at radius 1 is 1.17 bits per heavy atom. The maximum absolute atomic E-state index is 12.9. The summed E-state index contributed by atoms with van der Waals surface area (Å²) in [5.74, 6) is -0.790. The van der Waals surface area contributed by atoms with Crippen LogP contribution in [0.15, 0.2) is 29.2 Å². The molecule has 2 saturated heterocycles. The van der Waals surface area contributed by atoms with E-state index in [1.54, 1.807) is 12.1 Å². The third kappa shape index (κ3) is 5.55. The number of carbonyl (C=O) groups excluding carboxylic acids is 2. The molecule has 3 N–H and O–H groups in total. The van der Waals surface area contributed by atoms with Crippen molar-refractivity contribution in [2.75, 3.05) is 26.3 Å². The van der Waals surface area contributed by atoms with Gasteiger partial charge in [0.05, 0.1) is 4.90 Å². The van der Waals surface area contributed by atoms with Crippen molar-refractivity contribution in [3.63, 3.8) is 0 Å². The molecule has 29 heavy (non-hydrogen) atoms. The molecule has 2 aliphatic rings. The lowest BCUT2D eigenvalue weighted by Crippen LogP contribution is -2.44. The number of rotatable bonds is 7. The highest BCUT2D eigenvalue weighted by molar-refractivity contribution is 7.89. The SMILES string of the molecule is NC(=O)CC(NC(=O)c1cccc(S(=O)(=O)N2CCCCC2)c1)C1CCOCC1. The van der Waals surface area contributed by atoms with Crippen LogP contribution in [0.3, 0.4) is 0 Å². The summed E-state index contributed by atoms with van der Waals surface area (Å²) in [5, 5.41) is 2.89. The lowest BCUT2D eigenvalue weighted by Gasteiger charge is -2.30. The van der Waals surface area contributed by atoms with Gasteiger partial charge in [0.1, 0.15) is 0 Å². The minimum atomic E-state index is -3.62. The second-order valence-corrected chi connectivity index (χ2v) is 9.63. The molecule has 160 valence electrons. The van der Waals surface area contributed by atoms with Gasteiger partial charge in [-0.15, -0.1) is 0 Å². The third-order valence-corrected chi connectivity index (χ3v) is 7.52. The quantitative estimate of drug-likeness (QED) is 0.684. The molecule has 0 saturated carbocycles. The number of hydrogen-bond acceptors (Lipinski definition) is 5. The number of hydrogen-bond donors (Lipinski definition) is 2. The minimum absolute atomic E-state index is 0.0438. The molecule has 0 radical (unpaired) electrons. The highest BCUT2D eigenvalue weighted by Crippen LogP contribution is 2.23. The van der Waals surface area contributed by atoms with Crippen LogP contribution < -0.4 is 11.1 Å². The van der Waals surface area contributed by atoms with Crippen LogP contribution in [0.5, 0.6) is 0 Å². The normalized spacial score (nSPS) is 20.1. The maximum atomic E-state index is 12.9. The molecular formula is C20H29N3O5S. The maximum Gasteiger partial charge on any atom is 0.251 e. The summed E-state index contributed by atoms with van der Waals surface area (Å²) in [6.45, 7) is 2.17. The summed E-state index contributed by atoms with van der Waals surface area (Å²) in [7, 11) is -3.62. The standard InChI is InChI=1S/C20H29N3O5S/c21-19(24)14-18(15-7-11-28-12-8-15)22-20(25)16-5-4-6-17(13-16)29(26,27)23-9-2-1-3-10-23/h4-6,13,15,18H,1-3,7-12,14H2,(H2,21,24)(H,22,25). The largest absolute Gasteiger partial charge is 0.381 e. The van der Waals surface area contributed by atoms with E-state index in [9.17, 15) is 18.0 Å². The Kier molecular flexibility index (Phi) is 7.26. The molecule has 0 aromatic heterocycles. The fourth-order valence-corrected chi connectivity index (χ4v) is 5.54. The first-order valence-electron chi connectivity index (χ1n) is 10.1. The predicted octanol–water partition coefficient (Wildman–Crippen LogP) is 1.26. The van der Waals surface area contributed by atoms with Gasteiger partial charge in [0.15, 0.2) is 0 Å². The molecule has 2 amide bonds. The number of nitrogens with one attached hydrogen (secondary N) is 1. The number of benzene rings is 1. The monoisotopic (exact) mass is 423 g/mol. The van der Waals surface area contributed by atoms with Crippen molar-refractivity contribution in [2.45, 2.75) is 49.5 Å². The third-order valence-electron chi connectivity index (χ3n) is 5.62.